The minimum Gasteiger partial charge on any atom is -0.442 e. The van der Waals surface area contributed by atoms with Gasteiger partial charge in [-0.05, 0) is 12.5 Å². The minimum atomic E-state index is 0.290. The molecule has 2 heteroatoms. The largest absolute Gasteiger partial charge is 0.442 e. The van der Waals surface area contributed by atoms with E-state index < -0.39 is 0 Å². The molecular formula is C14H16NO+. The van der Waals surface area contributed by atoms with Crippen LogP contribution in [0.3, 0.4) is 0 Å². The molecule has 1 atom stereocenters. The minimum absolute atomic E-state index is 0.290. The van der Waals surface area contributed by atoms with Gasteiger partial charge in [0.15, 0.2) is 6.20 Å². The number of benzene rings is 1. The van der Waals surface area contributed by atoms with E-state index >= 15 is 0 Å². The van der Waals surface area contributed by atoms with Crippen molar-refractivity contribution in [1.29, 1.82) is 0 Å². The molecule has 82 valence electrons. The Hall–Kier alpha value is -1.83. The molecule has 0 saturated carbocycles. The van der Waals surface area contributed by atoms with Crippen LogP contribution in [0.4, 0.5) is 0 Å². The van der Waals surface area contributed by atoms with E-state index in [4.69, 9.17) is 4.74 Å². The Kier molecular flexibility index (Phi) is 3.54. The number of ether oxygens (including phenoxy) is 1. The average molecular weight is 214 g/mol. The summed E-state index contributed by atoms with van der Waals surface area (Å²) in [7, 11) is 0. The van der Waals surface area contributed by atoms with E-state index in [9.17, 15) is 0 Å². The molecule has 1 aliphatic rings. The lowest BCUT2D eigenvalue weighted by Crippen LogP contribution is -2.68. The quantitative estimate of drug-likeness (QED) is 0.790. The maximum absolute atomic E-state index is 5.76. The number of hydrogen-bond donors (Lipinski definition) is 1. The molecule has 2 rings (SSSR count). The summed E-state index contributed by atoms with van der Waals surface area (Å²) >= 11 is 0. The van der Waals surface area contributed by atoms with Gasteiger partial charge in [-0.25, -0.2) is 0 Å². The van der Waals surface area contributed by atoms with Gasteiger partial charge in [-0.2, -0.15) is 4.99 Å². The van der Waals surface area contributed by atoms with Crippen molar-refractivity contribution in [2.75, 3.05) is 0 Å². The highest BCUT2D eigenvalue weighted by atomic mass is 16.5. The van der Waals surface area contributed by atoms with Crippen molar-refractivity contribution in [3.8, 4) is 0 Å². The van der Waals surface area contributed by atoms with Crippen molar-refractivity contribution in [2.45, 2.75) is 13.5 Å². The normalized spacial score (nSPS) is 19.1. The molecule has 16 heavy (non-hydrogen) atoms. The van der Waals surface area contributed by atoms with Crippen LogP contribution in [0.2, 0.25) is 0 Å². The Morgan fingerprint density at radius 3 is 2.81 bits per heavy atom. The third kappa shape index (κ3) is 2.83. The van der Waals surface area contributed by atoms with Crippen molar-refractivity contribution >= 4 is 5.90 Å². The van der Waals surface area contributed by atoms with Crippen LogP contribution in [0.15, 0.2) is 54.8 Å². The number of hydrogen-bond acceptors (Lipinski definition) is 1. The second kappa shape index (κ2) is 5.31. The standard InChI is InChI=1S/C14H15NO/c1-12-7-5-6-10-15-14(12)16-11-13-8-3-2-4-9-13/h2-10,12H,11H2,1H3/p+1/t12-/m1/s1. The lowest BCUT2D eigenvalue weighted by atomic mass is 10.1. The van der Waals surface area contributed by atoms with Gasteiger partial charge in [0.05, 0.1) is 5.92 Å². The van der Waals surface area contributed by atoms with Crippen LogP contribution in [-0.4, -0.2) is 5.90 Å². The highest BCUT2D eigenvalue weighted by Gasteiger charge is 2.15. The van der Waals surface area contributed by atoms with E-state index in [1.54, 1.807) is 0 Å². The first-order valence-corrected chi connectivity index (χ1v) is 5.50. The first-order chi connectivity index (χ1) is 7.86. The van der Waals surface area contributed by atoms with Gasteiger partial charge >= 0.3 is 5.90 Å². The van der Waals surface area contributed by atoms with Crippen molar-refractivity contribution in [3.63, 3.8) is 0 Å². The first kappa shape index (κ1) is 10.7. The maximum atomic E-state index is 5.76. The molecule has 0 saturated heterocycles. The van der Waals surface area contributed by atoms with E-state index in [1.807, 2.05) is 36.6 Å². The average Bonchev–Trinajstić information content (AvgIpc) is 2.53. The summed E-state index contributed by atoms with van der Waals surface area (Å²) in [6, 6.07) is 10.2. The van der Waals surface area contributed by atoms with Gasteiger partial charge in [-0.3, -0.25) is 0 Å². The van der Waals surface area contributed by atoms with E-state index in [-0.39, 0.29) is 0 Å². The van der Waals surface area contributed by atoms with Gasteiger partial charge in [-0.1, -0.05) is 42.5 Å². The highest BCUT2D eigenvalue weighted by Crippen LogP contribution is 2.05. The molecule has 1 N–H and O–H groups in total. The molecule has 1 heterocycles. The maximum Gasteiger partial charge on any atom is 0.347 e. The van der Waals surface area contributed by atoms with E-state index in [0.29, 0.717) is 12.5 Å². The van der Waals surface area contributed by atoms with Crippen LogP contribution in [-0.2, 0) is 11.3 Å². The number of allylic oxidation sites excluding steroid dienone is 2. The Bertz CT molecular complexity index is 418. The second-order valence-electron chi connectivity index (χ2n) is 3.82. The molecule has 0 aromatic heterocycles. The molecule has 0 aliphatic carbocycles. The van der Waals surface area contributed by atoms with Crippen LogP contribution < -0.4 is 4.99 Å². The fourth-order valence-corrected chi connectivity index (χ4v) is 1.54. The lowest BCUT2D eigenvalue weighted by molar-refractivity contribution is -0.389. The molecule has 2 nitrogen and oxygen atoms in total. The van der Waals surface area contributed by atoms with Gasteiger partial charge in [0.25, 0.3) is 0 Å². The summed E-state index contributed by atoms with van der Waals surface area (Å²) in [5, 5.41) is 0. The van der Waals surface area contributed by atoms with Crippen molar-refractivity contribution in [1.82, 2.24) is 0 Å². The van der Waals surface area contributed by atoms with Crippen molar-refractivity contribution < 1.29 is 9.73 Å². The summed E-state index contributed by atoms with van der Waals surface area (Å²) in [6.45, 7) is 2.71. The molecule has 0 spiro atoms. The molecule has 1 aliphatic heterocycles. The molecule has 1 aromatic carbocycles. The fourth-order valence-electron chi connectivity index (χ4n) is 1.54. The zero-order valence-corrected chi connectivity index (χ0v) is 9.39. The fraction of sp³-hybridized carbons (Fsp3) is 0.214. The van der Waals surface area contributed by atoms with Gasteiger partial charge in [0, 0.05) is 6.08 Å². The van der Waals surface area contributed by atoms with Crippen LogP contribution >= 0.6 is 0 Å². The number of rotatable bonds is 2. The van der Waals surface area contributed by atoms with Gasteiger partial charge in [0.1, 0.15) is 6.61 Å². The van der Waals surface area contributed by atoms with E-state index in [0.717, 1.165) is 5.90 Å². The topological polar surface area (TPSA) is 23.2 Å². The van der Waals surface area contributed by atoms with Crippen LogP contribution in [0.1, 0.15) is 12.5 Å². The first-order valence-electron chi connectivity index (χ1n) is 5.50. The number of nitrogens with one attached hydrogen (secondary N) is 1. The Balaban J connectivity index is 1.98. The smallest absolute Gasteiger partial charge is 0.347 e. The Morgan fingerprint density at radius 2 is 2.00 bits per heavy atom. The summed E-state index contributed by atoms with van der Waals surface area (Å²) in [4.78, 5) is 3.15. The van der Waals surface area contributed by atoms with Crippen LogP contribution in [0, 0.1) is 5.92 Å². The highest BCUT2D eigenvalue weighted by molar-refractivity contribution is 5.75. The van der Waals surface area contributed by atoms with Crippen molar-refractivity contribution in [3.05, 3.63) is 60.3 Å². The molecular weight excluding hydrogens is 198 g/mol. The van der Waals surface area contributed by atoms with Crippen molar-refractivity contribution in [2.24, 2.45) is 5.92 Å². The van der Waals surface area contributed by atoms with Gasteiger partial charge in [-0.15, -0.1) is 0 Å². The molecule has 0 fully saturated rings. The predicted molar refractivity (Wildman–Crippen MR) is 64.6 cm³/mol. The monoisotopic (exact) mass is 214 g/mol. The lowest BCUT2D eigenvalue weighted by Gasteiger charge is -2.06. The zero-order chi connectivity index (χ0) is 11.2. The van der Waals surface area contributed by atoms with Gasteiger partial charge in [0.2, 0.25) is 0 Å². The molecule has 0 amide bonds. The molecule has 0 unspecified atom stereocenters. The van der Waals surface area contributed by atoms with Crippen LogP contribution in [0.5, 0.6) is 0 Å². The second-order valence-corrected chi connectivity index (χ2v) is 3.82. The molecule has 1 aromatic rings. The Morgan fingerprint density at radius 1 is 1.19 bits per heavy atom. The van der Waals surface area contributed by atoms with E-state index in [2.05, 4.69) is 30.1 Å². The SMILES string of the molecule is C[C@@H]1C=CC=C[NH+]=C1OCc1ccccc1. The summed E-state index contributed by atoms with van der Waals surface area (Å²) in [6.07, 6.45) is 7.99. The molecule has 0 bridgehead atoms. The van der Waals surface area contributed by atoms with Crippen LogP contribution in [0.25, 0.3) is 0 Å². The third-order valence-electron chi connectivity index (χ3n) is 2.48. The zero-order valence-electron chi connectivity index (χ0n) is 9.39. The summed E-state index contributed by atoms with van der Waals surface area (Å²) in [5.41, 5.74) is 1.18. The third-order valence-corrected chi connectivity index (χ3v) is 2.48. The summed E-state index contributed by atoms with van der Waals surface area (Å²) < 4.78 is 5.76. The van der Waals surface area contributed by atoms with E-state index in [1.165, 1.54) is 5.56 Å². The summed E-state index contributed by atoms with van der Waals surface area (Å²) in [5.74, 6) is 1.19. The predicted octanol–water partition coefficient (Wildman–Crippen LogP) is 1.40. The Labute approximate surface area is 96.0 Å². The molecule has 0 radical (unpaired) electrons. The van der Waals surface area contributed by atoms with Gasteiger partial charge < -0.3 is 4.74 Å².